The average Bonchev–Trinajstić information content (AvgIpc) is 2.29. The fourth-order valence-electron chi connectivity index (χ4n) is 1.15. The first-order valence-electron chi connectivity index (χ1n) is 4.59. The van der Waals surface area contributed by atoms with Crippen molar-refractivity contribution in [1.29, 1.82) is 0 Å². The van der Waals surface area contributed by atoms with Crippen molar-refractivity contribution in [2.45, 2.75) is 6.92 Å². The predicted molar refractivity (Wildman–Crippen MR) is 62.0 cm³/mol. The molecule has 0 aromatic carbocycles. The Morgan fingerprint density at radius 1 is 1.50 bits per heavy atom. The molecule has 5 nitrogen and oxygen atoms in total. The van der Waals surface area contributed by atoms with Gasteiger partial charge >= 0.3 is 5.97 Å². The number of carbonyl (C=O) groups excluding carboxylic acids is 1. The van der Waals surface area contributed by atoms with E-state index in [9.17, 15) is 4.79 Å². The van der Waals surface area contributed by atoms with E-state index in [-0.39, 0.29) is 22.8 Å². The fourth-order valence-corrected chi connectivity index (χ4v) is 1.51. The Labute approximate surface area is 103 Å². The molecule has 0 saturated carbocycles. The van der Waals surface area contributed by atoms with Gasteiger partial charge in [-0.2, -0.15) is 0 Å². The second kappa shape index (κ2) is 5.86. The van der Waals surface area contributed by atoms with E-state index in [1.807, 2.05) is 6.92 Å². The second-order valence-electron chi connectivity index (χ2n) is 2.93. The number of likely N-dealkylation sites (N-methyl/N-ethyl adjacent to an activating group) is 1. The van der Waals surface area contributed by atoms with Crippen LogP contribution < -0.4 is 4.90 Å². The lowest BCUT2D eigenvalue weighted by Gasteiger charge is -2.21. The minimum Gasteiger partial charge on any atom is -0.468 e. The summed E-state index contributed by atoms with van der Waals surface area (Å²) < 4.78 is 4.58. The molecule has 0 fully saturated rings. The van der Waals surface area contributed by atoms with Gasteiger partial charge in [-0.15, -0.1) is 10.2 Å². The van der Waals surface area contributed by atoms with Crippen LogP contribution in [0.25, 0.3) is 0 Å². The van der Waals surface area contributed by atoms with E-state index in [4.69, 9.17) is 23.2 Å². The maximum absolute atomic E-state index is 11.2. The van der Waals surface area contributed by atoms with Gasteiger partial charge in [-0.3, -0.25) is 4.79 Å². The monoisotopic (exact) mass is 263 g/mol. The molecule has 1 heterocycles. The molecule has 88 valence electrons. The van der Waals surface area contributed by atoms with Crippen LogP contribution in [-0.2, 0) is 9.53 Å². The van der Waals surface area contributed by atoms with E-state index in [2.05, 4.69) is 14.9 Å². The van der Waals surface area contributed by atoms with Crippen molar-refractivity contribution in [3.8, 4) is 0 Å². The summed E-state index contributed by atoms with van der Waals surface area (Å²) in [6.07, 6.45) is 0. The Balaban J connectivity index is 2.94. The molecule has 0 saturated heterocycles. The summed E-state index contributed by atoms with van der Waals surface area (Å²) in [6, 6.07) is 1.56. The number of hydrogen-bond donors (Lipinski definition) is 0. The van der Waals surface area contributed by atoms with E-state index in [0.717, 1.165) is 0 Å². The Kier molecular flexibility index (Phi) is 4.76. The number of esters is 1. The second-order valence-corrected chi connectivity index (χ2v) is 3.68. The molecule has 0 spiro atoms. The molecule has 0 atom stereocenters. The SMILES string of the molecule is CCN(CC(=O)OC)c1cc(Cl)nnc1Cl. The number of halogens is 2. The molecule has 1 rings (SSSR count). The third kappa shape index (κ3) is 3.21. The van der Waals surface area contributed by atoms with Crippen LogP contribution in [0.3, 0.4) is 0 Å². The zero-order chi connectivity index (χ0) is 12.1. The lowest BCUT2D eigenvalue weighted by Crippen LogP contribution is -2.30. The van der Waals surface area contributed by atoms with Crippen molar-refractivity contribution in [2.75, 3.05) is 25.1 Å². The largest absolute Gasteiger partial charge is 0.468 e. The highest BCUT2D eigenvalue weighted by Crippen LogP contribution is 2.24. The van der Waals surface area contributed by atoms with Crippen LogP contribution in [-0.4, -0.2) is 36.4 Å². The van der Waals surface area contributed by atoms with E-state index in [1.165, 1.54) is 7.11 Å². The lowest BCUT2D eigenvalue weighted by molar-refractivity contribution is -0.138. The molecule has 0 radical (unpaired) electrons. The quantitative estimate of drug-likeness (QED) is 0.776. The predicted octanol–water partition coefficient (Wildman–Crippen LogP) is 1.78. The Morgan fingerprint density at radius 3 is 2.75 bits per heavy atom. The van der Waals surface area contributed by atoms with Crippen LogP contribution in [0, 0.1) is 0 Å². The summed E-state index contributed by atoms with van der Waals surface area (Å²) in [7, 11) is 1.33. The van der Waals surface area contributed by atoms with Crippen LogP contribution in [0.2, 0.25) is 10.3 Å². The minimum absolute atomic E-state index is 0.0920. The van der Waals surface area contributed by atoms with Crippen LogP contribution in [0.15, 0.2) is 6.07 Å². The van der Waals surface area contributed by atoms with Crippen molar-refractivity contribution in [2.24, 2.45) is 0 Å². The standard InChI is InChI=1S/C9H11Cl2N3O2/c1-3-14(5-8(15)16-2)6-4-7(10)12-13-9(6)11/h4H,3,5H2,1-2H3. The van der Waals surface area contributed by atoms with Crippen LogP contribution >= 0.6 is 23.2 Å². The van der Waals surface area contributed by atoms with Crippen molar-refractivity contribution >= 4 is 34.9 Å². The Hall–Kier alpha value is -1.07. The van der Waals surface area contributed by atoms with E-state index in [0.29, 0.717) is 12.2 Å². The molecule has 7 heteroatoms. The summed E-state index contributed by atoms with van der Waals surface area (Å²) >= 11 is 11.6. The molecule has 0 aliphatic heterocycles. The summed E-state index contributed by atoms with van der Waals surface area (Å²) in [5.74, 6) is -0.356. The van der Waals surface area contributed by atoms with Gasteiger partial charge in [0.15, 0.2) is 10.3 Å². The van der Waals surface area contributed by atoms with Crippen molar-refractivity contribution in [3.63, 3.8) is 0 Å². The Bertz CT molecular complexity index is 387. The molecule has 1 aromatic heterocycles. The normalized spacial score (nSPS) is 10.0. The first-order valence-corrected chi connectivity index (χ1v) is 5.34. The molecule has 0 aliphatic rings. The van der Waals surface area contributed by atoms with Crippen molar-refractivity contribution in [1.82, 2.24) is 10.2 Å². The zero-order valence-corrected chi connectivity index (χ0v) is 10.4. The average molecular weight is 264 g/mol. The molecule has 0 N–H and O–H groups in total. The van der Waals surface area contributed by atoms with Crippen molar-refractivity contribution < 1.29 is 9.53 Å². The van der Waals surface area contributed by atoms with Gasteiger partial charge in [-0.05, 0) is 6.92 Å². The number of hydrogen-bond acceptors (Lipinski definition) is 5. The number of ether oxygens (including phenoxy) is 1. The summed E-state index contributed by atoms with van der Waals surface area (Å²) in [6.45, 7) is 2.55. The third-order valence-electron chi connectivity index (χ3n) is 1.97. The van der Waals surface area contributed by atoms with Crippen LogP contribution in [0.5, 0.6) is 0 Å². The Morgan fingerprint density at radius 2 is 2.19 bits per heavy atom. The lowest BCUT2D eigenvalue weighted by atomic mass is 10.4. The number of rotatable bonds is 4. The molecule has 0 bridgehead atoms. The first kappa shape index (κ1) is 13.0. The highest BCUT2D eigenvalue weighted by molar-refractivity contribution is 6.33. The molecule has 0 amide bonds. The van der Waals surface area contributed by atoms with Gasteiger partial charge < -0.3 is 9.64 Å². The number of nitrogens with zero attached hydrogens (tertiary/aromatic N) is 3. The zero-order valence-electron chi connectivity index (χ0n) is 8.91. The molecule has 0 unspecified atom stereocenters. The molecule has 0 aliphatic carbocycles. The molecular formula is C9H11Cl2N3O2. The highest BCUT2D eigenvalue weighted by atomic mass is 35.5. The maximum atomic E-state index is 11.2. The first-order chi connectivity index (χ1) is 7.58. The van der Waals surface area contributed by atoms with E-state index in [1.54, 1.807) is 11.0 Å². The summed E-state index contributed by atoms with van der Waals surface area (Å²) in [4.78, 5) is 12.9. The smallest absolute Gasteiger partial charge is 0.325 e. The minimum atomic E-state index is -0.356. The highest BCUT2D eigenvalue weighted by Gasteiger charge is 2.15. The number of methoxy groups -OCH3 is 1. The molecular weight excluding hydrogens is 253 g/mol. The molecule has 1 aromatic rings. The van der Waals surface area contributed by atoms with Gasteiger partial charge in [-0.25, -0.2) is 0 Å². The fraction of sp³-hybridized carbons (Fsp3) is 0.444. The van der Waals surface area contributed by atoms with Gasteiger partial charge in [0.2, 0.25) is 0 Å². The number of aromatic nitrogens is 2. The topological polar surface area (TPSA) is 55.3 Å². The van der Waals surface area contributed by atoms with Gasteiger partial charge in [0, 0.05) is 12.6 Å². The summed E-state index contributed by atoms with van der Waals surface area (Å²) in [5.41, 5.74) is 0.564. The van der Waals surface area contributed by atoms with Gasteiger partial charge in [0.1, 0.15) is 6.54 Å². The number of anilines is 1. The van der Waals surface area contributed by atoms with Crippen LogP contribution in [0.1, 0.15) is 6.92 Å². The maximum Gasteiger partial charge on any atom is 0.325 e. The third-order valence-corrected chi connectivity index (χ3v) is 2.42. The van der Waals surface area contributed by atoms with Gasteiger partial charge in [0.05, 0.1) is 12.8 Å². The van der Waals surface area contributed by atoms with E-state index < -0.39 is 0 Å². The van der Waals surface area contributed by atoms with Crippen LogP contribution in [0.4, 0.5) is 5.69 Å². The van der Waals surface area contributed by atoms with Gasteiger partial charge in [-0.1, -0.05) is 23.2 Å². The molecule has 16 heavy (non-hydrogen) atoms. The van der Waals surface area contributed by atoms with Crippen molar-refractivity contribution in [3.05, 3.63) is 16.4 Å². The number of carbonyl (C=O) groups is 1. The van der Waals surface area contributed by atoms with E-state index >= 15 is 0 Å². The van der Waals surface area contributed by atoms with Gasteiger partial charge in [0.25, 0.3) is 0 Å². The summed E-state index contributed by atoms with van der Waals surface area (Å²) in [5, 5.41) is 7.69.